The van der Waals surface area contributed by atoms with Gasteiger partial charge >= 0.3 is 0 Å². The highest BCUT2D eigenvalue weighted by molar-refractivity contribution is 5.81. The van der Waals surface area contributed by atoms with Crippen LogP contribution in [-0.4, -0.2) is 21.6 Å². The highest BCUT2D eigenvalue weighted by atomic mass is 16.5. The third kappa shape index (κ3) is 3.92. The van der Waals surface area contributed by atoms with E-state index >= 15 is 0 Å². The van der Waals surface area contributed by atoms with Crippen molar-refractivity contribution >= 4 is 5.91 Å². The molecule has 0 saturated heterocycles. The van der Waals surface area contributed by atoms with Crippen LogP contribution in [-0.2, 0) is 11.3 Å². The predicted molar refractivity (Wildman–Crippen MR) is 88.0 cm³/mol. The standard InChI is InChI=1S/C18H23N3O2/c1-13(2)17(23-16-6-4-3-5-7-16)18(22)20-11-15-10-19-12-21(15)14-8-9-14/h3-7,10,12-14,17H,8-9,11H2,1-2H3,(H,20,22)/t17-/m1/s1. The molecule has 122 valence electrons. The minimum Gasteiger partial charge on any atom is -0.480 e. The van der Waals surface area contributed by atoms with Gasteiger partial charge in [-0.25, -0.2) is 4.98 Å². The van der Waals surface area contributed by atoms with Gasteiger partial charge in [0, 0.05) is 12.2 Å². The molecular weight excluding hydrogens is 290 g/mol. The summed E-state index contributed by atoms with van der Waals surface area (Å²) in [5.74, 6) is 0.709. The van der Waals surface area contributed by atoms with E-state index in [1.807, 2.05) is 56.7 Å². The third-order valence-electron chi connectivity index (χ3n) is 4.00. The largest absolute Gasteiger partial charge is 0.480 e. The van der Waals surface area contributed by atoms with E-state index in [0.29, 0.717) is 18.3 Å². The second kappa shape index (κ2) is 6.86. The molecule has 1 aliphatic rings. The molecule has 0 spiro atoms. The zero-order valence-electron chi connectivity index (χ0n) is 13.6. The number of hydrogen-bond acceptors (Lipinski definition) is 3. The lowest BCUT2D eigenvalue weighted by molar-refractivity contribution is -0.130. The SMILES string of the molecule is CC(C)[C@@H](Oc1ccccc1)C(=O)NCc1cncn1C1CC1. The summed E-state index contributed by atoms with van der Waals surface area (Å²) < 4.78 is 8.02. The smallest absolute Gasteiger partial charge is 0.261 e. The van der Waals surface area contributed by atoms with Crippen LogP contribution in [0.5, 0.6) is 5.75 Å². The number of imidazole rings is 1. The van der Waals surface area contributed by atoms with Gasteiger partial charge in [-0.05, 0) is 30.9 Å². The lowest BCUT2D eigenvalue weighted by atomic mass is 10.1. The first-order chi connectivity index (χ1) is 11.1. The van der Waals surface area contributed by atoms with Crippen molar-refractivity contribution in [3.63, 3.8) is 0 Å². The minimum absolute atomic E-state index is 0.0866. The highest BCUT2D eigenvalue weighted by Crippen LogP contribution is 2.35. The van der Waals surface area contributed by atoms with Gasteiger partial charge in [-0.1, -0.05) is 32.0 Å². The van der Waals surface area contributed by atoms with Crippen LogP contribution in [0.25, 0.3) is 0 Å². The maximum Gasteiger partial charge on any atom is 0.261 e. The molecule has 1 aromatic heterocycles. The van der Waals surface area contributed by atoms with Crippen molar-refractivity contribution in [1.82, 2.24) is 14.9 Å². The maximum atomic E-state index is 12.5. The minimum atomic E-state index is -0.505. The van der Waals surface area contributed by atoms with Crippen LogP contribution < -0.4 is 10.1 Å². The van der Waals surface area contributed by atoms with Gasteiger partial charge in [0.25, 0.3) is 5.91 Å². The summed E-state index contributed by atoms with van der Waals surface area (Å²) >= 11 is 0. The molecule has 1 aliphatic carbocycles. The Bertz CT molecular complexity index is 647. The van der Waals surface area contributed by atoms with Crippen molar-refractivity contribution in [3.05, 3.63) is 48.5 Å². The van der Waals surface area contributed by atoms with Crippen LogP contribution in [0.2, 0.25) is 0 Å². The molecule has 1 atom stereocenters. The second-order valence-electron chi connectivity index (χ2n) is 6.34. The Morgan fingerprint density at radius 1 is 1.35 bits per heavy atom. The summed E-state index contributed by atoms with van der Waals surface area (Å²) in [4.78, 5) is 16.7. The summed E-state index contributed by atoms with van der Waals surface area (Å²) in [6, 6.07) is 10.0. The van der Waals surface area contributed by atoms with E-state index in [0.717, 1.165) is 5.69 Å². The topological polar surface area (TPSA) is 56.1 Å². The van der Waals surface area contributed by atoms with Gasteiger partial charge in [0.1, 0.15) is 5.75 Å². The van der Waals surface area contributed by atoms with Crippen molar-refractivity contribution in [1.29, 1.82) is 0 Å². The zero-order valence-corrected chi connectivity index (χ0v) is 13.6. The van der Waals surface area contributed by atoms with E-state index in [4.69, 9.17) is 4.74 Å². The Hall–Kier alpha value is -2.30. The Kier molecular flexibility index (Phi) is 4.65. The molecule has 1 heterocycles. The second-order valence-corrected chi connectivity index (χ2v) is 6.34. The number of carbonyl (C=O) groups is 1. The van der Waals surface area contributed by atoms with Crippen molar-refractivity contribution in [2.24, 2.45) is 5.92 Å². The number of carbonyl (C=O) groups excluding carboxylic acids is 1. The predicted octanol–water partition coefficient (Wildman–Crippen LogP) is 2.94. The Morgan fingerprint density at radius 3 is 2.74 bits per heavy atom. The van der Waals surface area contributed by atoms with E-state index in [1.165, 1.54) is 12.8 Å². The molecular formula is C18H23N3O2. The number of nitrogens with one attached hydrogen (secondary N) is 1. The van der Waals surface area contributed by atoms with Gasteiger partial charge in [-0.2, -0.15) is 0 Å². The van der Waals surface area contributed by atoms with Gasteiger partial charge in [-0.3, -0.25) is 4.79 Å². The lowest BCUT2D eigenvalue weighted by Crippen LogP contribution is -2.41. The van der Waals surface area contributed by atoms with Crippen LogP contribution >= 0.6 is 0 Å². The quantitative estimate of drug-likeness (QED) is 0.855. The number of rotatable bonds is 7. The zero-order chi connectivity index (χ0) is 16.2. The van der Waals surface area contributed by atoms with Crippen LogP contribution in [0, 0.1) is 5.92 Å². The molecule has 0 unspecified atom stereocenters. The number of benzene rings is 1. The molecule has 1 aromatic carbocycles. The van der Waals surface area contributed by atoms with Gasteiger partial charge in [0.05, 0.1) is 18.6 Å². The van der Waals surface area contributed by atoms with E-state index in [9.17, 15) is 4.79 Å². The average Bonchev–Trinajstić information content (AvgIpc) is 3.29. The molecule has 1 N–H and O–H groups in total. The molecule has 23 heavy (non-hydrogen) atoms. The normalized spacial score (nSPS) is 15.4. The molecule has 0 bridgehead atoms. The fourth-order valence-corrected chi connectivity index (χ4v) is 2.57. The summed E-state index contributed by atoms with van der Waals surface area (Å²) in [6.07, 6.45) is 5.56. The Morgan fingerprint density at radius 2 is 2.09 bits per heavy atom. The van der Waals surface area contributed by atoms with Gasteiger partial charge in [0.15, 0.2) is 6.10 Å². The number of aromatic nitrogens is 2. The van der Waals surface area contributed by atoms with E-state index in [-0.39, 0.29) is 11.8 Å². The molecule has 3 rings (SSSR count). The maximum absolute atomic E-state index is 12.5. The van der Waals surface area contributed by atoms with Gasteiger partial charge in [-0.15, -0.1) is 0 Å². The van der Waals surface area contributed by atoms with Gasteiger partial charge < -0.3 is 14.6 Å². The molecule has 2 aromatic rings. The molecule has 1 saturated carbocycles. The fourth-order valence-electron chi connectivity index (χ4n) is 2.57. The van der Waals surface area contributed by atoms with Crippen molar-refractivity contribution < 1.29 is 9.53 Å². The number of ether oxygens (including phenoxy) is 1. The highest BCUT2D eigenvalue weighted by Gasteiger charge is 2.27. The van der Waals surface area contributed by atoms with Crippen molar-refractivity contribution in [3.8, 4) is 5.75 Å². The van der Waals surface area contributed by atoms with Crippen LogP contribution in [0.4, 0.5) is 0 Å². The first-order valence-electron chi connectivity index (χ1n) is 8.15. The summed E-state index contributed by atoms with van der Waals surface area (Å²) in [5, 5.41) is 2.99. The van der Waals surface area contributed by atoms with E-state index < -0.39 is 6.10 Å². The summed E-state index contributed by atoms with van der Waals surface area (Å²) in [6.45, 7) is 4.46. The molecule has 5 nitrogen and oxygen atoms in total. The lowest BCUT2D eigenvalue weighted by Gasteiger charge is -2.22. The monoisotopic (exact) mass is 313 g/mol. The first kappa shape index (κ1) is 15.6. The third-order valence-corrected chi connectivity index (χ3v) is 4.00. The molecule has 1 fully saturated rings. The van der Waals surface area contributed by atoms with Gasteiger partial charge in [0.2, 0.25) is 0 Å². The number of amides is 1. The molecule has 0 radical (unpaired) electrons. The van der Waals surface area contributed by atoms with Crippen LogP contribution in [0.15, 0.2) is 42.9 Å². The molecule has 1 amide bonds. The summed E-state index contributed by atoms with van der Waals surface area (Å²) in [5.41, 5.74) is 1.04. The average molecular weight is 313 g/mol. The number of hydrogen-bond donors (Lipinski definition) is 1. The van der Waals surface area contributed by atoms with Crippen LogP contribution in [0.3, 0.4) is 0 Å². The van der Waals surface area contributed by atoms with E-state index in [1.54, 1.807) is 0 Å². The fraction of sp³-hybridized carbons (Fsp3) is 0.444. The number of nitrogens with zero attached hydrogens (tertiary/aromatic N) is 2. The molecule has 5 heteroatoms. The first-order valence-corrected chi connectivity index (χ1v) is 8.15. The van der Waals surface area contributed by atoms with Crippen molar-refractivity contribution in [2.45, 2.75) is 45.4 Å². The Labute approximate surface area is 136 Å². The molecule has 0 aliphatic heterocycles. The number of para-hydroxylation sites is 1. The van der Waals surface area contributed by atoms with E-state index in [2.05, 4.69) is 14.9 Å². The Balaban J connectivity index is 1.61. The van der Waals surface area contributed by atoms with Crippen molar-refractivity contribution in [2.75, 3.05) is 0 Å². The van der Waals surface area contributed by atoms with Crippen LogP contribution in [0.1, 0.15) is 38.4 Å². The summed E-state index contributed by atoms with van der Waals surface area (Å²) in [7, 11) is 0.